The summed E-state index contributed by atoms with van der Waals surface area (Å²) in [5.41, 5.74) is 7.04. The zero-order valence-electron chi connectivity index (χ0n) is 10.3. The summed E-state index contributed by atoms with van der Waals surface area (Å²) in [6, 6.07) is 14.4. The van der Waals surface area contributed by atoms with E-state index in [2.05, 4.69) is 40.3 Å². The highest BCUT2D eigenvalue weighted by molar-refractivity contribution is 9.10. The van der Waals surface area contributed by atoms with Crippen molar-refractivity contribution in [1.82, 2.24) is 5.32 Å². The van der Waals surface area contributed by atoms with E-state index in [4.69, 9.17) is 10.2 Å². The fourth-order valence-corrected chi connectivity index (χ4v) is 2.24. The Morgan fingerprint density at radius 3 is 2.50 bits per heavy atom. The summed E-state index contributed by atoms with van der Waals surface area (Å²) in [5, 5.41) is 3.47. The maximum atomic E-state index is 5.80. The van der Waals surface area contributed by atoms with Gasteiger partial charge < -0.3 is 10.2 Å². The summed E-state index contributed by atoms with van der Waals surface area (Å²) < 4.78 is 6.27. The minimum atomic E-state index is 0.0199. The van der Waals surface area contributed by atoms with Crippen molar-refractivity contribution in [3.8, 4) is 0 Å². The molecule has 1 aromatic carbocycles. The maximum absolute atomic E-state index is 5.80. The lowest BCUT2D eigenvalue weighted by Crippen LogP contribution is -2.30. The largest absolute Gasteiger partial charge is 0.453 e. The van der Waals surface area contributed by atoms with Gasteiger partial charge in [-0.2, -0.15) is 0 Å². The van der Waals surface area contributed by atoms with Crippen molar-refractivity contribution in [2.45, 2.75) is 19.0 Å². The molecule has 0 amide bonds. The van der Waals surface area contributed by atoms with Crippen molar-refractivity contribution in [3.63, 3.8) is 0 Å². The molecule has 0 radical (unpaired) electrons. The van der Waals surface area contributed by atoms with Gasteiger partial charge in [-0.05, 0) is 40.5 Å². The Bertz CT molecular complexity index is 484. The van der Waals surface area contributed by atoms with Crippen molar-refractivity contribution in [3.05, 3.63) is 58.5 Å². The van der Waals surface area contributed by atoms with Crippen molar-refractivity contribution >= 4 is 15.9 Å². The van der Waals surface area contributed by atoms with Crippen molar-refractivity contribution in [1.29, 1.82) is 0 Å². The van der Waals surface area contributed by atoms with Gasteiger partial charge in [0, 0.05) is 12.6 Å². The molecular weight excluding hydrogens is 292 g/mol. The van der Waals surface area contributed by atoms with E-state index < -0.39 is 0 Å². The lowest BCUT2D eigenvalue weighted by Gasteiger charge is -2.20. The predicted molar refractivity (Wildman–Crippen MR) is 76.2 cm³/mol. The zero-order valence-corrected chi connectivity index (χ0v) is 11.9. The molecule has 3 N–H and O–H groups in total. The van der Waals surface area contributed by atoms with Crippen LogP contribution in [0.5, 0.6) is 0 Å². The molecule has 0 aliphatic carbocycles. The number of benzene rings is 1. The highest BCUT2D eigenvalue weighted by atomic mass is 79.9. The second-order valence-corrected chi connectivity index (χ2v) is 5.01. The fourth-order valence-electron chi connectivity index (χ4n) is 1.92. The maximum Gasteiger partial charge on any atom is 0.169 e. The summed E-state index contributed by atoms with van der Waals surface area (Å²) in [6.45, 7) is 2.62. The first-order chi connectivity index (χ1) is 8.70. The number of nitrogens with one attached hydrogen (secondary N) is 1. The molecule has 0 saturated carbocycles. The molecule has 1 aromatic heterocycles. The van der Waals surface area contributed by atoms with Crippen LogP contribution in [0.4, 0.5) is 0 Å². The average Bonchev–Trinajstić information content (AvgIpc) is 2.83. The quantitative estimate of drug-likeness (QED) is 0.890. The Kier molecular flexibility index (Phi) is 4.58. The second kappa shape index (κ2) is 6.18. The van der Waals surface area contributed by atoms with Crippen LogP contribution in [0.3, 0.4) is 0 Å². The number of furan rings is 1. The van der Waals surface area contributed by atoms with Crippen LogP contribution < -0.4 is 11.1 Å². The van der Waals surface area contributed by atoms with E-state index in [-0.39, 0.29) is 12.1 Å². The van der Waals surface area contributed by atoms with Crippen LogP contribution in [0.1, 0.15) is 30.3 Å². The van der Waals surface area contributed by atoms with E-state index in [1.807, 2.05) is 30.3 Å². The van der Waals surface area contributed by atoms with Crippen molar-refractivity contribution < 1.29 is 4.42 Å². The minimum Gasteiger partial charge on any atom is -0.453 e. The molecule has 0 bridgehead atoms. The van der Waals surface area contributed by atoms with Crippen LogP contribution in [0, 0.1) is 0 Å². The summed E-state index contributed by atoms with van der Waals surface area (Å²) in [7, 11) is 0. The van der Waals surface area contributed by atoms with E-state index in [9.17, 15) is 0 Å². The van der Waals surface area contributed by atoms with Crippen LogP contribution in [0.25, 0.3) is 0 Å². The second-order valence-electron chi connectivity index (χ2n) is 4.23. The first-order valence-electron chi connectivity index (χ1n) is 5.97. The van der Waals surface area contributed by atoms with Crippen LogP contribution >= 0.6 is 15.9 Å². The molecule has 2 rings (SSSR count). The lowest BCUT2D eigenvalue weighted by atomic mass is 10.1. The molecule has 2 aromatic rings. The Labute approximate surface area is 115 Å². The summed E-state index contributed by atoms with van der Waals surface area (Å²) in [5.74, 6) is 0.854. The van der Waals surface area contributed by atoms with E-state index in [0.717, 1.165) is 10.4 Å². The summed E-state index contributed by atoms with van der Waals surface area (Å²) in [6.07, 6.45) is 0. The van der Waals surface area contributed by atoms with Gasteiger partial charge in [-0.1, -0.05) is 30.3 Å². The number of nitrogens with two attached hydrogens (primary N) is 1. The van der Waals surface area contributed by atoms with Gasteiger partial charge in [0.05, 0.1) is 6.04 Å². The molecule has 0 aliphatic rings. The summed E-state index contributed by atoms with van der Waals surface area (Å²) in [4.78, 5) is 0. The normalized spacial score (nSPS) is 14.4. The number of hydrogen-bond acceptors (Lipinski definition) is 3. The minimum absolute atomic E-state index is 0.0199. The van der Waals surface area contributed by atoms with Gasteiger partial charge in [0.1, 0.15) is 5.76 Å². The van der Waals surface area contributed by atoms with Crippen LogP contribution in [-0.4, -0.2) is 6.54 Å². The SMILES string of the molecule is CC(NC(CN)c1ccc(Br)o1)c1ccccc1. The standard InChI is InChI=1S/C14H17BrN2O/c1-10(11-5-3-2-4-6-11)17-12(9-16)13-7-8-14(15)18-13/h2-8,10,12,17H,9,16H2,1H3. The first-order valence-corrected chi connectivity index (χ1v) is 6.76. The molecule has 2 unspecified atom stereocenters. The van der Waals surface area contributed by atoms with E-state index in [1.165, 1.54) is 5.56 Å². The molecule has 4 heteroatoms. The smallest absolute Gasteiger partial charge is 0.169 e. The van der Waals surface area contributed by atoms with E-state index in [0.29, 0.717) is 6.54 Å². The third-order valence-electron chi connectivity index (χ3n) is 2.92. The number of rotatable bonds is 5. The zero-order chi connectivity index (χ0) is 13.0. The Hall–Kier alpha value is -1.10. The predicted octanol–water partition coefficient (Wildman–Crippen LogP) is 3.39. The van der Waals surface area contributed by atoms with E-state index in [1.54, 1.807) is 0 Å². The molecule has 2 atom stereocenters. The van der Waals surface area contributed by atoms with Gasteiger partial charge in [-0.3, -0.25) is 5.32 Å². The van der Waals surface area contributed by atoms with Gasteiger partial charge in [-0.25, -0.2) is 0 Å². The average molecular weight is 309 g/mol. The monoisotopic (exact) mass is 308 g/mol. The molecule has 0 aliphatic heterocycles. The third-order valence-corrected chi connectivity index (χ3v) is 3.35. The molecule has 3 nitrogen and oxygen atoms in total. The highest BCUT2D eigenvalue weighted by Gasteiger charge is 2.16. The van der Waals surface area contributed by atoms with Crippen LogP contribution in [0.2, 0.25) is 0 Å². The van der Waals surface area contributed by atoms with E-state index >= 15 is 0 Å². The molecule has 0 fully saturated rings. The van der Waals surface area contributed by atoms with Crippen molar-refractivity contribution in [2.24, 2.45) is 5.73 Å². The Balaban J connectivity index is 2.07. The van der Waals surface area contributed by atoms with Gasteiger partial charge in [0.25, 0.3) is 0 Å². The molecule has 1 heterocycles. The number of hydrogen-bond donors (Lipinski definition) is 2. The van der Waals surface area contributed by atoms with Crippen LogP contribution in [0.15, 0.2) is 51.6 Å². The third kappa shape index (κ3) is 3.22. The molecule has 18 heavy (non-hydrogen) atoms. The van der Waals surface area contributed by atoms with Gasteiger partial charge in [0.15, 0.2) is 4.67 Å². The lowest BCUT2D eigenvalue weighted by molar-refractivity contribution is 0.381. The Morgan fingerprint density at radius 2 is 1.94 bits per heavy atom. The molecule has 0 saturated heterocycles. The molecule has 0 spiro atoms. The fraction of sp³-hybridized carbons (Fsp3) is 0.286. The Morgan fingerprint density at radius 1 is 1.22 bits per heavy atom. The molecule has 96 valence electrons. The highest BCUT2D eigenvalue weighted by Crippen LogP contribution is 2.23. The topological polar surface area (TPSA) is 51.2 Å². The van der Waals surface area contributed by atoms with Gasteiger partial charge >= 0.3 is 0 Å². The first kappa shape index (κ1) is 13.3. The van der Waals surface area contributed by atoms with Gasteiger partial charge in [-0.15, -0.1) is 0 Å². The number of halogens is 1. The molecular formula is C14H17BrN2O. The van der Waals surface area contributed by atoms with Crippen LogP contribution in [-0.2, 0) is 0 Å². The summed E-state index contributed by atoms with van der Waals surface area (Å²) >= 11 is 3.31. The van der Waals surface area contributed by atoms with Gasteiger partial charge in [0.2, 0.25) is 0 Å². The van der Waals surface area contributed by atoms with Crippen molar-refractivity contribution in [2.75, 3.05) is 6.54 Å².